The number of hydrogen-bond acceptors (Lipinski definition) is 4. The van der Waals surface area contributed by atoms with Crippen molar-refractivity contribution in [3.05, 3.63) is 0 Å². The van der Waals surface area contributed by atoms with E-state index in [9.17, 15) is 14.4 Å². The molecule has 0 aliphatic heterocycles. The van der Waals surface area contributed by atoms with Crippen LogP contribution in [0.1, 0.15) is 34.6 Å². The molecule has 0 spiro atoms. The molecule has 7 nitrogen and oxygen atoms in total. The molecule has 7 heteroatoms. The lowest BCUT2D eigenvalue weighted by atomic mass is 10.0. The van der Waals surface area contributed by atoms with Gasteiger partial charge in [0.05, 0.1) is 12.5 Å². The monoisotopic (exact) mass is 288 g/mol. The maximum Gasteiger partial charge on any atom is 0.325 e. The van der Waals surface area contributed by atoms with E-state index in [1.165, 1.54) is 11.8 Å². The summed E-state index contributed by atoms with van der Waals surface area (Å²) in [7, 11) is 0. The maximum absolute atomic E-state index is 12.1. The van der Waals surface area contributed by atoms with Gasteiger partial charge in [0.1, 0.15) is 6.54 Å². The van der Waals surface area contributed by atoms with Crippen LogP contribution < -0.4 is 5.32 Å². The minimum Gasteiger partial charge on any atom is -0.481 e. The third-order valence-electron chi connectivity index (χ3n) is 2.98. The van der Waals surface area contributed by atoms with Gasteiger partial charge < -0.3 is 20.1 Å². The topological polar surface area (TPSA) is 95.9 Å². The molecule has 0 aromatic rings. The van der Waals surface area contributed by atoms with Crippen molar-refractivity contribution in [2.45, 2.75) is 46.7 Å². The van der Waals surface area contributed by atoms with E-state index in [4.69, 9.17) is 9.84 Å². The number of rotatable bonds is 7. The SMILES string of the molecule is CCOC(=O)CN(C(=O)NC(C)C(C)C(=O)O)C(C)C. The van der Waals surface area contributed by atoms with Gasteiger partial charge in [-0.15, -0.1) is 0 Å². The van der Waals surface area contributed by atoms with Crippen LogP contribution in [0, 0.1) is 5.92 Å². The number of carbonyl (C=O) groups is 3. The van der Waals surface area contributed by atoms with Gasteiger partial charge >= 0.3 is 18.0 Å². The number of urea groups is 1. The zero-order chi connectivity index (χ0) is 15.9. The van der Waals surface area contributed by atoms with Gasteiger partial charge in [0.15, 0.2) is 0 Å². The fourth-order valence-corrected chi connectivity index (χ4v) is 1.45. The van der Waals surface area contributed by atoms with Crippen LogP contribution in [0.4, 0.5) is 4.79 Å². The predicted molar refractivity (Wildman–Crippen MR) is 73.3 cm³/mol. The minimum absolute atomic E-state index is 0.161. The number of esters is 1. The van der Waals surface area contributed by atoms with E-state index in [0.717, 1.165) is 0 Å². The van der Waals surface area contributed by atoms with Gasteiger partial charge in [0.2, 0.25) is 0 Å². The summed E-state index contributed by atoms with van der Waals surface area (Å²) in [5, 5.41) is 11.5. The molecule has 0 aliphatic carbocycles. The quantitative estimate of drug-likeness (QED) is 0.683. The summed E-state index contributed by atoms with van der Waals surface area (Å²) >= 11 is 0. The van der Waals surface area contributed by atoms with Crippen molar-refractivity contribution < 1.29 is 24.2 Å². The van der Waals surface area contributed by atoms with Crippen molar-refractivity contribution in [3.8, 4) is 0 Å². The average molecular weight is 288 g/mol. The first-order valence-electron chi connectivity index (χ1n) is 6.66. The number of aliphatic carboxylic acids is 1. The number of amides is 2. The van der Waals surface area contributed by atoms with Crippen molar-refractivity contribution in [2.24, 2.45) is 5.92 Å². The number of nitrogens with one attached hydrogen (secondary N) is 1. The van der Waals surface area contributed by atoms with Crippen LogP contribution in [0.2, 0.25) is 0 Å². The second-order valence-corrected chi connectivity index (χ2v) is 4.89. The Morgan fingerprint density at radius 2 is 1.75 bits per heavy atom. The Labute approximate surface area is 119 Å². The molecule has 2 N–H and O–H groups in total. The lowest BCUT2D eigenvalue weighted by Gasteiger charge is -2.28. The van der Waals surface area contributed by atoms with Gasteiger partial charge in [0.25, 0.3) is 0 Å². The third-order valence-corrected chi connectivity index (χ3v) is 2.98. The summed E-state index contributed by atoms with van der Waals surface area (Å²) < 4.78 is 4.81. The molecule has 0 heterocycles. The van der Waals surface area contributed by atoms with Gasteiger partial charge in [0, 0.05) is 12.1 Å². The van der Waals surface area contributed by atoms with Gasteiger partial charge in [-0.05, 0) is 34.6 Å². The van der Waals surface area contributed by atoms with E-state index < -0.39 is 29.9 Å². The van der Waals surface area contributed by atoms with Crippen molar-refractivity contribution in [1.29, 1.82) is 0 Å². The smallest absolute Gasteiger partial charge is 0.325 e. The molecule has 0 rings (SSSR count). The largest absolute Gasteiger partial charge is 0.481 e. The van der Waals surface area contributed by atoms with Crippen molar-refractivity contribution >= 4 is 18.0 Å². The molecule has 0 saturated heterocycles. The highest BCUT2D eigenvalue weighted by Crippen LogP contribution is 2.05. The summed E-state index contributed by atoms with van der Waals surface area (Å²) in [6.45, 7) is 8.44. The lowest BCUT2D eigenvalue weighted by molar-refractivity contribution is -0.144. The average Bonchev–Trinajstić information content (AvgIpc) is 2.34. The van der Waals surface area contributed by atoms with Gasteiger partial charge in [-0.3, -0.25) is 9.59 Å². The Balaban J connectivity index is 4.65. The first kappa shape index (κ1) is 18.2. The fraction of sp³-hybridized carbons (Fsp3) is 0.769. The van der Waals surface area contributed by atoms with Crippen LogP contribution in [-0.2, 0) is 14.3 Å². The molecule has 2 atom stereocenters. The molecule has 0 aromatic carbocycles. The molecule has 0 aromatic heterocycles. The number of ether oxygens (including phenoxy) is 1. The summed E-state index contributed by atoms with van der Waals surface area (Å²) in [6, 6.07) is -1.22. The molecule has 0 radical (unpaired) electrons. The zero-order valence-corrected chi connectivity index (χ0v) is 12.7. The molecule has 116 valence electrons. The van der Waals surface area contributed by atoms with Crippen LogP contribution in [0.25, 0.3) is 0 Å². The first-order valence-corrected chi connectivity index (χ1v) is 6.66. The molecule has 0 saturated carbocycles. The highest BCUT2D eigenvalue weighted by molar-refractivity contribution is 5.82. The van der Waals surface area contributed by atoms with E-state index in [1.54, 1.807) is 27.7 Å². The summed E-state index contributed by atoms with van der Waals surface area (Å²) in [5.41, 5.74) is 0. The van der Waals surface area contributed by atoms with Gasteiger partial charge in [-0.2, -0.15) is 0 Å². The zero-order valence-electron chi connectivity index (χ0n) is 12.7. The van der Waals surface area contributed by atoms with Crippen molar-refractivity contribution in [2.75, 3.05) is 13.2 Å². The van der Waals surface area contributed by atoms with E-state index >= 15 is 0 Å². The third kappa shape index (κ3) is 5.90. The fourth-order valence-electron chi connectivity index (χ4n) is 1.45. The molecule has 2 unspecified atom stereocenters. The van der Waals surface area contributed by atoms with E-state index in [2.05, 4.69) is 5.32 Å². The highest BCUT2D eigenvalue weighted by atomic mass is 16.5. The van der Waals surface area contributed by atoms with Crippen LogP contribution in [0.5, 0.6) is 0 Å². The van der Waals surface area contributed by atoms with Crippen molar-refractivity contribution in [1.82, 2.24) is 10.2 Å². The Bertz CT molecular complexity index is 357. The van der Waals surface area contributed by atoms with Crippen LogP contribution in [0.15, 0.2) is 0 Å². The van der Waals surface area contributed by atoms with Gasteiger partial charge in [-0.1, -0.05) is 0 Å². The second-order valence-electron chi connectivity index (χ2n) is 4.89. The summed E-state index contributed by atoms with van der Waals surface area (Å²) in [5.74, 6) is -2.19. The van der Waals surface area contributed by atoms with Crippen LogP contribution in [0.3, 0.4) is 0 Å². The van der Waals surface area contributed by atoms with E-state index in [0.29, 0.717) is 0 Å². The normalized spacial score (nSPS) is 13.5. The van der Waals surface area contributed by atoms with E-state index in [1.807, 2.05) is 0 Å². The maximum atomic E-state index is 12.1. The van der Waals surface area contributed by atoms with Crippen LogP contribution in [-0.4, -0.2) is 53.2 Å². The number of carboxylic acids is 1. The minimum atomic E-state index is -0.987. The first-order chi connectivity index (χ1) is 9.20. The molecule has 0 fully saturated rings. The molecule has 0 aliphatic rings. The Kier molecular flexibility index (Phi) is 7.64. The standard InChI is InChI=1S/C13H24N2O5/c1-6-20-11(16)7-15(8(2)3)13(19)14-10(5)9(4)12(17)18/h8-10H,6-7H2,1-5H3,(H,14,19)(H,17,18). The summed E-state index contributed by atoms with van der Waals surface area (Å²) in [6.07, 6.45) is 0. The highest BCUT2D eigenvalue weighted by Gasteiger charge is 2.26. The van der Waals surface area contributed by atoms with Crippen molar-refractivity contribution in [3.63, 3.8) is 0 Å². The molecule has 2 amide bonds. The molecule has 0 bridgehead atoms. The second kappa shape index (κ2) is 8.39. The number of nitrogens with zero attached hydrogens (tertiary/aromatic N) is 1. The number of carboxylic acid groups (broad SMARTS) is 1. The molecular formula is C13H24N2O5. The number of carbonyl (C=O) groups excluding carboxylic acids is 2. The summed E-state index contributed by atoms with van der Waals surface area (Å²) in [4.78, 5) is 35.7. The molecular weight excluding hydrogens is 264 g/mol. The Morgan fingerprint density at radius 3 is 2.15 bits per heavy atom. The molecule has 20 heavy (non-hydrogen) atoms. The lowest BCUT2D eigenvalue weighted by Crippen LogP contribution is -2.51. The number of hydrogen-bond donors (Lipinski definition) is 2. The predicted octanol–water partition coefficient (Wildman–Crippen LogP) is 1.08. The van der Waals surface area contributed by atoms with Crippen LogP contribution >= 0.6 is 0 Å². The van der Waals surface area contributed by atoms with Gasteiger partial charge in [-0.25, -0.2) is 4.79 Å². The Morgan fingerprint density at radius 1 is 1.20 bits per heavy atom. The Hall–Kier alpha value is -1.79. The van der Waals surface area contributed by atoms with E-state index in [-0.39, 0.29) is 19.2 Å².